The van der Waals surface area contributed by atoms with Crippen LogP contribution in [0.5, 0.6) is 5.75 Å². The highest BCUT2D eigenvalue weighted by molar-refractivity contribution is 5.56. The summed E-state index contributed by atoms with van der Waals surface area (Å²) >= 11 is 0. The van der Waals surface area contributed by atoms with Crippen molar-refractivity contribution >= 4 is 0 Å². The van der Waals surface area contributed by atoms with Gasteiger partial charge in [-0.15, -0.1) is 13.2 Å². The van der Waals surface area contributed by atoms with Crippen molar-refractivity contribution in [2.24, 2.45) is 0 Å². The maximum Gasteiger partial charge on any atom is 0.119 e. The third kappa shape index (κ3) is 1.57. The van der Waals surface area contributed by atoms with Crippen LogP contribution in [0.25, 0.3) is 0 Å². The van der Waals surface area contributed by atoms with E-state index in [-0.39, 0.29) is 0 Å². The van der Waals surface area contributed by atoms with Gasteiger partial charge in [0.05, 0.1) is 0 Å². The number of phenolic OH excluding ortho intramolecular Hbond substituents is 1. The molecule has 0 bridgehead atoms. The Morgan fingerprint density at radius 2 is 1.94 bits per heavy atom. The number of benzene rings is 1. The van der Waals surface area contributed by atoms with E-state index in [9.17, 15) is 5.11 Å². The van der Waals surface area contributed by atoms with Crippen molar-refractivity contribution in [2.75, 3.05) is 0 Å². The van der Waals surface area contributed by atoms with Gasteiger partial charge in [0.1, 0.15) is 5.75 Å². The van der Waals surface area contributed by atoms with E-state index in [0.29, 0.717) is 11.7 Å². The molecule has 1 atom stereocenters. The van der Waals surface area contributed by atoms with Crippen LogP contribution in [0.15, 0.2) is 31.4 Å². The number of aromatic hydroxyl groups is 1. The first-order chi connectivity index (χ1) is 7.69. The third-order valence-electron chi connectivity index (χ3n) is 3.42. The molecular weight excluding hydrogens is 196 g/mol. The van der Waals surface area contributed by atoms with Crippen LogP contribution in [0.2, 0.25) is 0 Å². The minimum absolute atomic E-state index is 0.419. The lowest BCUT2D eigenvalue weighted by Gasteiger charge is -2.31. The molecule has 0 heterocycles. The van der Waals surface area contributed by atoms with Gasteiger partial charge in [-0.3, -0.25) is 0 Å². The Morgan fingerprint density at radius 3 is 2.50 bits per heavy atom. The Labute approximate surface area is 97.1 Å². The summed E-state index contributed by atoms with van der Waals surface area (Å²) < 4.78 is 0. The highest BCUT2D eigenvalue weighted by Gasteiger charge is 2.27. The van der Waals surface area contributed by atoms with Crippen molar-refractivity contribution in [1.82, 2.24) is 0 Å². The van der Waals surface area contributed by atoms with E-state index >= 15 is 0 Å². The van der Waals surface area contributed by atoms with E-state index in [2.05, 4.69) is 20.1 Å². The standard InChI is InChI=1S/C15H18O/c1-4-6-11-12(7-5-2)15(16)9-13-10(3)8-14(11)13/h4-5,9-10,16H,1-2,6-8H2,3H3. The van der Waals surface area contributed by atoms with Gasteiger partial charge in [0.15, 0.2) is 0 Å². The van der Waals surface area contributed by atoms with Crippen molar-refractivity contribution in [3.63, 3.8) is 0 Å². The summed E-state index contributed by atoms with van der Waals surface area (Å²) in [5.41, 5.74) is 5.02. The van der Waals surface area contributed by atoms with Gasteiger partial charge < -0.3 is 5.11 Å². The number of allylic oxidation sites excluding steroid dienone is 2. The monoisotopic (exact) mass is 214 g/mol. The molecule has 0 spiro atoms. The predicted octanol–water partition coefficient (Wildman–Crippen LogP) is 3.51. The molecule has 0 fully saturated rings. The molecule has 1 heteroatoms. The SMILES string of the molecule is C=CCc1c(O)cc2c(c1CC=C)CC2C. The molecule has 1 nitrogen and oxygen atoms in total. The molecule has 0 aliphatic heterocycles. The van der Waals surface area contributed by atoms with Crippen molar-refractivity contribution in [3.8, 4) is 5.75 Å². The number of phenols is 1. The summed E-state index contributed by atoms with van der Waals surface area (Å²) in [6.07, 6.45) is 6.45. The second kappa shape index (κ2) is 4.17. The van der Waals surface area contributed by atoms with E-state index in [1.807, 2.05) is 18.2 Å². The Hall–Kier alpha value is -1.50. The van der Waals surface area contributed by atoms with E-state index in [0.717, 1.165) is 24.8 Å². The molecule has 84 valence electrons. The van der Waals surface area contributed by atoms with Gasteiger partial charge in [0, 0.05) is 5.56 Å². The summed E-state index contributed by atoms with van der Waals surface area (Å²) in [4.78, 5) is 0. The second-order valence-electron chi connectivity index (χ2n) is 4.51. The first-order valence-corrected chi connectivity index (χ1v) is 5.77. The summed E-state index contributed by atoms with van der Waals surface area (Å²) in [5.74, 6) is 1.00. The lowest BCUT2D eigenvalue weighted by atomic mass is 9.73. The van der Waals surface area contributed by atoms with Crippen LogP contribution >= 0.6 is 0 Å². The Morgan fingerprint density at radius 1 is 1.31 bits per heavy atom. The largest absolute Gasteiger partial charge is 0.508 e. The molecule has 1 unspecified atom stereocenters. The van der Waals surface area contributed by atoms with Crippen LogP contribution in [0.1, 0.15) is 35.1 Å². The summed E-state index contributed by atoms with van der Waals surface area (Å²) in [7, 11) is 0. The molecule has 1 aliphatic carbocycles. The minimum Gasteiger partial charge on any atom is -0.508 e. The molecule has 0 radical (unpaired) electrons. The topological polar surface area (TPSA) is 20.2 Å². The van der Waals surface area contributed by atoms with Gasteiger partial charge in [-0.05, 0) is 47.9 Å². The number of fused-ring (bicyclic) bond motifs is 1. The molecule has 1 aromatic rings. The Balaban J connectivity index is 2.55. The van der Waals surface area contributed by atoms with Crippen LogP contribution in [0, 0.1) is 0 Å². The fourth-order valence-electron chi connectivity index (χ4n) is 2.56. The zero-order valence-corrected chi connectivity index (χ0v) is 9.79. The molecule has 0 saturated carbocycles. The molecule has 0 saturated heterocycles. The summed E-state index contributed by atoms with van der Waals surface area (Å²) in [5, 5.41) is 10.0. The maximum atomic E-state index is 10.0. The third-order valence-corrected chi connectivity index (χ3v) is 3.42. The molecular formula is C15H18O. The lowest BCUT2D eigenvalue weighted by Crippen LogP contribution is -2.18. The summed E-state index contributed by atoms with van der Waals surface area (Å²) in [6.45, 7) is 9.74. The molecule has 1 aromatic carbocycles. The van der Waals surface area contributed by atoms with Gasteiger partial charge in [-0.1, -0.05) is 19.1 Å². The highest BCUT2D eigenvalue weighted by Crippen LogP contribution is 2.42. The summed E-state index contributed by atoms with van der Waals surface area (Å²) in [6, 6.07) is 1.93. The van der Waals surface area contributed by atoms with Crippen LogP contribution in [-0.2, 0) is 19.3 Å². The predicted molar refractivity (Wildman–Crippen MR) is 68.0 cm³/mol. The van der Waals surface area contributed by atoms with Crippen molar-refractivity contribution in [2.45, 2.75) is 32.1 Å². The molecule has 1 aliphatic rings. The first kappa shape index (κ1) is 11.0. The van der Waals surface area contributed by atoms with E-state index < -0.39 is 0 Å². The quantitative estimate of drug-likeness (QED) is 0.760. The van der Waals surface area contributed by atoms with Gasteiger partial charge in [0.25, 0.3) is 0 Å². The van der Waals surface area contributed by atoms with Gasteiger partial charge in [-0.25, -0.2) is 0 Å². The van der Waals surface area contributed by atoms with E-state index in [4.69, 9.17) is 0 Å². The second-order valence-corrected chi connectivity index (χ2v) is 4.51. The first-order valence-electron chi connectivity index (χ1n) is 5.77. The van der Waals surface area contributed by atoms with Gasteiger partial charge in [-0.2, -0.15) is 0 Å². The van der Waals surface area contributed by atoms with Crippen LogP contribution < -0.4 is 0 Å². The minimum atomic E-state index is 0.419. The van der Waals surface area contributed by atoms with Crippen molar-refractivity contribution in [3.05, 3.63) is 53.6 Å². The van der Waals surface area contributed by atoms with Crippen LogP contribution in [0.3, 0.4) is 0 Å². The smallest absolute Gasteiger partial charge is 0.119 e. The van der Waals surface area contributed by atoms with Gasteiger partial charge in [0.2, 0.25) is 0 Å². The molecule has 1 N–H and O–H groups in total. The van der Waals surface area contributed by atoms with Gasteiger partial charge >= 0.3 is 0 Å². The molecule has 2 rings (SSSR count). The van der Waals surface area contributed by atoms with Crippen molar-refractivity contribution < 1.29 is 5.11 Å². The van der Waals surface area contributed by atoms with Crippen LogP contribution in [-0.4, -0.2) is 5.11 Å². The van der Waals surface area contributed by atoms with E-state index in [1.165, 1.54) is 16.7 Å². The average molecular weight is 214 g/mol. The number of hydrogen-bond donors (Lipinski definition) is 1. The average Bonchev–Trinajstić information content (AvgIpc) is 2.26. The number of rotatable bonds is 4. The molecule has 16 heavy (non-hydrogen) atoms. The fourth-order valence-corrected chi connectivity index (χ4v) is 2.56. The van der Waals surface area contributed by atoms with E-state index in [1.54, 1.807) is 0 Å². The lowest BCUT2D eigenvalue weighted by molar-refractivity contribution is 0.464. The zero-order valence-electron chi connectivity index (χ0n) is 9.79. The van der Waals surface area contributed by atoms with Crippen molar-refractivity contribution in [1.29, 1.82) is 0 Å². The number of hydrogen-bond acceptors (Lipinski definition) is 1. The highest BCUT2D eigenvalue weighted by atomic mass is 16.3. The maximum absolute atomic E-state index is 10.0. The Bertz CT molecular complexity index is 443. The Kier molecular flexibility index (Phi) is 2.86. The zero-order chi connectivity index (χ0) is 11.7. The normalized spacial score (nSPS) is 17.4. The molecule has 0 amide bonds. The molecule has 0 aromatic heterocycles. The van der Waals surface area contributed by atoms with Crippen LogP contribution in [0.4, 0.5) is 0 Å². The fraction of sp³-hybridized carbons (Fsp3) is 0.333.